The van der Waals surface area contributed by atoms with Crippen molar-refractivity contribution in [3.63, 3.8) is 0 Å². The summed E-state index contributed by atoms with van der Waals surface area (Å²) in [5.41, 5.74) is 1.46. The average molecular weight is 352 g/mol. The highest BCUT2D eigenvalue weighted by molar-refractivity contribution is 6.42. The van der Waals surface area contributed by atoms with Crippen molar-refractivity contribution in [2.75, 3.05) is 18.9 Å². The molecule has 0 aliphatic rings. The molecule has 1 heterocycles. The van der Waals surface area contributed by atoms with E-state index >= 15 is 0 Å². The zero-order valence-electron chi connectivity index (χ0n) is 12.4. The van der Waals surface area contributed by atoms with E-state index in [2.05, 4.69) is 10.3 Å². The topological polar surface area (TPSA) is 62.3 Å². The molecule has 2 aromatic rings. The molecule has 23 heavy (non-hydrogen) atoms. The molecular formula is C16H15Cl2N3O2. The van der Waals surface area contributed by atoms with E-state index < -0.39 is 11.8 Å². The van der Waals surface area contributed by atoms with E-state index in [1.807, 2.05) is 12.1 Å². The molecule has 0 saturated carbocycles. The fraction of sp³-hybridized carbons (Fsp3) is 0.188. The van der Waals surface area contributed by atoms with Gasteiger partial charge in [-0.2, -0.15) is 0 Å². The van der Waals surface area contributed by atoms with Crippen LogP contribution in [0.2, 0.25) is 10.0 Å². The Bertz CT molecular complexity index is 708. The Morgan fingerprint density at radius 3 is 2.48 bits per heavy atom. The third-order valence-corrected chi connectivity index (χ3v) is 3.94. The zero-order chi connectivity index (χ0) is 16.8. The number of aromatic nitrogens is 1. The maximum atomic E-state index is 12.1. The number of nitrogens with zero attached hydrogens (tertiary/aromatic N) is 2. The van der Waals surface area contributed by atoms with Gasteiger partial charge in [-0.1, -0.05) is 23.2 Å². The van der Waals surface area contributed by atoms with Crippen molar-refractivity contribution in [1.82, 2.24) is 9.88 Å². The van der Waals surface area contributed by atoms with Gasteiger partial charge in [0.2, 0.25) is 0 Å². The third kappa shape index (κ3) is 4.94. The number of hydrogen-bond donors (Lipinski definition) is 1. The molecule has 1 aromatic carbocycles. The highest BCUT2D eigenvalue weighted by atomic mass is 35.5. The SMILES string of the molecule is CN(CCc1ccncc1)C(=O)C(=O)Nc1ccc(Cl)c(Cl)c1. The first-order valence-corrected chi connectivity index (χ1v) is 7.63. The van der Waals surface area contributed by atoms with E-state index in [1.54, 1.807) is 31.6 Å². The van der Waals surface area contributed by atoms with Crippen LogP contribution in [0.1, 0.15) is 5.56 Å². The molecule has 120 valence electrons. The molecule has 1 N–H and O–H groups in total. The second kappa shape index (κ2) is 7.94. The molecule has 1 aromatic heterocycles. The molecule has 2 rings (SSSR count). The molecule has 7 heteroatoms. The molecule has 0 saturated heterocycles. The fourth-order valence-corrected chi connectivity index (χ4v) is 2.18. The lowest BCUT2D eigenvalue weighted by Crippen LogP contribution is -2.38. The third-order valence-electron chi connectivity index (χ3n) is 3.20. The van der Waals surface area contributed by atoms with Gasteiger partial charge >= 0.3 is 11.8 Å². The predicted molar refractivity (Wildman–Crippen MR) is 90.7 cm³/mol. The van der Waals surface area contributed by atoms with Crippen molar-refractivity contribution >= 4 is 40.7 Å². The van der Waals surface area contributed by atoms with Crippen LogP contribution < -0.4 is 5.32 Å². The van der Waals surface area contributed by atoms with Gasteiger partial charge in [-0.3, -0.25) is 14.6 Å². The van der Waals surface area contributed by atoms with Crippen LogP contribution in [0.3, 0.4) is 0 Å². The van der Waals surface area contributed by atoms with E-state index in [9.17, 15) is 9.59 Å². The monoisotopic (exact) mass is 351 g/mol. The number of halogens is 2. The lowest BCUT2D eigenvalue weighted by atomic mass is 10.2. The van der Waals surface area contributed by atoms with E-state index in [0.717, 1.165) is 5.56 Å². The number of benzene rings is 1. The van der Waals surface area contributed by atoms with Gasteiger partial charge in [-0.25, -0.2) is 0 Å². The van der Waals surface area contributed by atoms with Gasteiger partial charge in [-0.05, 0) is 42.3 Å². The highest BCUT2D eigenvalue weighted by Gasteiger charge is 2.18. The summed E-state index contributed by atoms with van der Waals surface area (Å²) in [6.45, 7) is 0.428. The fourth-order valence-electron chi connectivity index (χ4n) is 1.88. The van der Waals surface area contributed by atoms with Crippen LogP contribution in [0.25, 0.3) is 0 Å². The Morgan fingerprint density at radius 2 is 1.83 bits per heavy atom. The summed E-state index contributed by atoms with van der Waals surface area (Å²) in [6, 6.07) is 8.36. The van der Waals surface area contributed by atoms with Crippen molar-refractivity contribution in [3.8, 4) is 0 Å². The van der Waals surface area contributed by atoms with Crippen molar-refractivity contribution < 1.29 is 9.59 Å². The molecule has 0 atom stereocenters. The number of amides is 2. The maximum absolute atomic E-state index is 12.1. The lowest BCUT2D eigenvalue weighted by Gasteiger charge is -2.16. The lowest BCUT2D eigenvalue weighted by molar-refractivity contribution is -0.142. The molecule has 5 nitrogen and oxygen atoms in total. The van der Waals surface area contributed by atoms with Crippen LogP contribution in [0, 0.1) is 0 Å². The van der Waals surface area contributed by atoms with Crippen molar-refractivity contribution in [2.45, 2.75) is 6.42 Å². The summed E-state index contributed by atoms with van der Waals surface area (Å²) in [5.74, 6) is -1.34. The number of rotatable bonds is 4. The molecule has 0 unspecified atom stereocenters. The van der Waals surface area contributed by atoms with Gasteiger partial charge in [0.05, 0.1) is 10.0 Å². The predicted octanol–water partition coefficient (Wildman–Crippen LogP) is 3.03. The first-order chi connectivity index (χ1) is 11.0. The summed E-state index contributed by atoms with van der Waals surface area (Å²) in [5, 5.41) is 3.19. The van der Waals surface area contributed by atoms with Crippen LogP contribution in [0.4, 0.5) is 5.69 Å². The number of anilines is 1. The smallest absolute Gasteiger partial charge is 0.313 e. The number of pyridine rings is 1. The molecule has 0 aliphatic heterocycles. The summed E-state index contributed by atoms with van der Waals surface area (Å²) < 4.78 is 0. The average Bonchev–Trinajstić information content (AvgIpc) is 2.56. The van der Waals surface area contributed by atoms with Gasteiger partial charge in [0.25, 0.3) is 0 Å². The van der Waals surface area contributed by atoms with Gasteiger partial charge in [0, 0.05) is 31.7 Å². The van der Waals surface area contributed by atoms with Gasteiger partial charge in [0.15, 0.2) is 0 Å². The van der Waals surface area contributed by atoms with E-state index in [4.69, 9.17) is 23.2 Å². The minimum absolute atomic E-state index is 0.308. The van der Waals surface area contributed by atoms with Gasteiger partial charge in [-0.15, -0.1) is 0 Å². The first kappa shape index (κ1) is 17.2. The minimum Gasteiger partial charge on any atom is -0.337 e. The summed E-state index contributed by atoms with van der Waals surface area (Å²) in [7, 11) is 1.58. The number of likely N-dealkylation sites (N-methyl/N-ethyl adjacent to an activating group) is 1. The largest absolute Gasteiger partial charge is 0.337 e. The molecule has 0 radical (unpaired) electrons. The standard InChI is InChI=1S/C16H15Cl2N3O2/c1-21(9-6-11-4-7-19-8-5-11)16(23)15(22)20-12-2-3-13(17)14(18)10-12/h2-5,7-8,10H,6,9H2,1H3,(H,20,22). The summed E-state index contributed by atoms with van der Waals surface area (Å²) in [4.78, 5) is 29.3. The van der Waals surface area contributed by atoms with Crippen LogP contribution in [-0.2, 0) is 16.0 Å². The zero-order valence-corrected chi connectivity index (χ0v) is 13.9. The van der Waals surface area contributed by atoms with Crippen LogP contribution in [0.15, 0.2) is 42.7 Å². The molecule has 0 aliphatic carbocycles. The molecule has 0 spiro atoms. The second-order valence-electron chi connectivity index (χ2n) is 4.92. The quantitative estimate of drug-likeness (QED) is 0.861. The van der Waals surface area contributed by atoms with E-state index in [0.29, 0.717) is 28.7 Å². The van der Waals surface area contributed by atoms with Crippen LogP contribution in [0.5, 0.6) is 0 Å². The summed E-state index contributed by atoms with van der Waals surface area (Å²) in [6.07, 6.45) is 4.02. The number of carbonyl (C=O) groups excluding carboxylic acids is 2. The van der Waals surface area contributed by atoms with Gasteiger partial charge < -0.3 is 10.2 Å². The Balaban J connectivity index is 1.90. The first-order valence-electron chi connectivity index (χ1n) is 6.88. The highest BCUT2D eigenvalue weighted by Crippen LogP contribution is 2.24. The normalized spacial score (nSPS) is 10.2. The molecule has 0 bridgehead atoms. The Labute approximate surface area is 144 Å². The Morgan fingerprint density at radius 1 is 1.13 bits per heavy atom. The Kier molecular flexibility index (Phi) is 5.96. The van der Waals surface area contributed by atoms with Crippen LogP contribution in [-0.4, -0.2) is 35.3 Å². The van der Waals surface area contributed by atoms with Gasteiger partial charge in [0.1, 0.15) is 0 Å². The summed E-state index contributed by atoms with van der Waals surface area (Å²) >= 11 is 11.7. The minimum atomic E-state index is -0.722. The molecular weight excluding hydrogens is 337 g/mol. The van der Waals surface area contributed by atoms with Crippen molar-refractivity contribution in [3.05, 3.63) is 58.3 Å². The maximum Gasteiger partial charge on any atom is 0.313 e. The second-order valence-corrected chi connectivity index (χ2v) is 5.73. The van der Waals surface area contributed by atoms with Crippen molar-refractivity contribution in [1.29, 1.82) is 0 Å². The molecule has 0 fully saturated rings. The number of carbonyl (C=O) groups is 2. The van der Waals surface area contributed by atoms with Crippen LogP contribution >= 0.6 is 23.2 Å². The van der Waals surface area contributed by atoms with E-state index in [1.165, 1.54) is 11.0 Å². The van der Waals surface area contributed by atoms with Crippen molar-refractivity contribution in [2.24, 2.45) is 0 Å². The number of nitrogens with one attached hydrogen (secondary N) is 1. The Hall–Kier alpha value is -2.11. The van der Waals surface area contributed by atoms with E-state index in [-0.39, 0.29) is 0 Å². The number of hydrogen-bond acceptors (Lipinski definition) is 3. The molecule has 2 amide bonds.